The molecule has 14 heavy (non-hydrogen) atoms. The first-order valence-corrected chi connectivity index (χ1v) is 5.25. The number of hydrogen-bond acceptors (Lipinski definition) is 3. The highest BCUT2D eigenvalue weighted by molar-refractivity contribution is 6.29. The second-order valence-corrected chi connectivity index (χ2v) is 3.93. The highest BCUT2D eigenvalue weighted by Crippen LogP contribution is 2.12. The van der Waals surface area contributed by atoms with Crippen molar-refractivity contribution in [2.45, 2.75) is 33.2 Å². The predicted octanol–water partition coefficient (Wildman–Crippen LogP) is 2.98. The number of aromatic nitrogens is 2. The minimum absolute atomic E-state index is 0.399. The summed E-state index contributed by atoms with van der Waals surface area (Å²) < 4.78 is 0. The van der Waals surface area contributed by atoms with E-state index in [0.29, 0.717) is 17.1 Å². The van der Waals surface area contributed by atoms with E-state index < -0.39 is 0 Å². The third-order valence-corrected chi connectivity index (χ3v) is 2.69. The average molecular weight is 214 g/mol. The molecule has 1 aromatic heterocycles. The molecule has 1 heterocycles. The van der Waals surface area contributed by atoms with Gasteiger partial charge in [0.2, 0.25) is 0 Å². The summed E-state index contributed by atoms with van der Waals surface area (Å²) in [5, 5.41) is 3.71. The summed E-state index contributed by atoms with van der Waals surface area (Å²) >= 11 is 5.64. The maximum absolute atomic E-state index is 5.64. The molecule has 0 radical (unpaired) electrons. The van der Waals surface area contributed by atoms with Crippen molar-refractivity contribution in [3.63, 3.8) is 0 Å². The van der Waals surface area contributed by atoms with Crippen LogP contribution in [0.2, 0.25) is 5.15 Å². The number of nitrogens with one attached hydrogen (secondary N) is 1. The molecule has 2 atom stereocenters. The van der Waals surface area contributed by atoms with Gasteiger partial charge in [-0.05, 0) is 12.8 Å². The van der Waals surface area contributed by atoms with E-state index in [1.165, 1.54) is 0 Å². The predicted molar refractivity (Wildman–Crippen MR) is 59.6 cm³/mol. The summed E-state index contributed by atoms with van der Waals surface area (Å²) in [5.74, 6) is 1.40. The second-order valence-electron chi connectivity index (χ2n) is 3.54. The normalized spacial score (nSPS) is 14.9. The van der Waals surface area contributed by atoms with Crippen molar-refractivity contribution in [2.24, 2.45) is 5.92 Å². The number of nitrogens with zero attached hydrogens (tertiary/aromatic N) is 2. The van der Waals surface area contributed by atoms with E-state index in [0.717, 1.165) is 12.2 Å². The minimum atomic E-state index is 0.399. The monoisotopic (exact) mass is 213 g/mol. The van der Waals surface area contributed by atoms with Crippen molar-refractivity contribution in [3.05, 3.63) is 17.5 Å². The molecule has 0 aliphatic carbocycles. The van der Waals surface area contributed by atoms with Crippen LogP contribution >= 0.6 is 11.6 Å². The van der Waals surface area contributed by atoms with Crippen LogP contribution in [-0.4, -0.2) is 16.0 Å². The van der Waals surface area contributed by atoms with Gasteiger partial charge >= 0.3 is 0 Å². The van der Waals surface area contributed by atoms with E-state index >= 15 is 0 Å². The first-order chi connectivity index (χ1) is 6.63. The van der Waals surface area contributed by atoms with Crippen LogP contribution in [0, 0.1) is 5.92 Å². The third kappa shape index (κ3) is 3.14. The van der Waals surface area contributed by atoms with Gasteiger partial charge in [-0.25, -0.2) is 9.97 Å². The Balaban J connectivity index is 2.56. The zero-order chi connectivity index (χ0) is 10.6. The Hall–Kier alpha value is -0.830. The van der Waals surface area contributed by atoms with Crippen molar-refractivity contribution in [1.82, 2.24) is 9.97 Å². The Kier molecular flexibility index (Phi) is 4.14. The number of rotatable bonds is 4. The second kappa shape index (κ2) is 5.15. The quantitative estimate of drug-likeness (QED) is 0.836. The summed E-state index contributed by atoms with van der Waals surface area (Å²) in [6, 6.07) is 0.399. The number of halogens is 1. The number of anilines is 1. The van der Waals surface area contributed by atoms with Gasteiger partial charge in [-0.3, -0.25) is 0 Å². The topological polar surface area (TPSA) is 37.8 Å². The van der Waals surface area contributed by atoms with Crippen molar-refractivity contribution in [2.75, 3.05) is 5.32 Å². The zero-order valence-corrected chi connectivity index (χ0v) is 9.54. The molecule has 0 aliphatic heterocycles. The highest BCUT2D eigenvalue weighted by atomic mass is 35.5. The van der Waals surface area contributed by atoms with Crippen LogP contribution in [0.4, 0.5) is 5.82 Å². The van der Waals surface area contributed by atoms with E-state index in [1.54, 1.807) is 12.4 Å². The molecular formula is C10H16ClN3. The standard InChI is InChI=1S/C10H16ClN3/c1-4-7(2)8(3)14-10-6-12-9(11)5-13-10/h5-8H,4H2,1-3H3,(H,13,14). The summed E-state index contributed by atoms with van der Waals surface area (Å²) in [5.41, 5.74) is 0. The molecule has 0 saturated heterocycles. The van der Waals surface area contributed by atoms with Crippen LogP contribution in [0.5, 0.6) is 0 Å². The molecule has 78 valence electrons. The lowest BCUT2D eigenvalue weighted by molar-refractivity contribution is 0.493. The van der Waals surface area contributed by atoms with Gasteiger partial charge in [-0.15, -0.1) is 0 Å². The highest BCUT2D eigenvalue weighted by Gasteiger charge is 2.09. The van der Waals surface area contributed by atoms with Crippen molar-refractivity contribution in [1.29, 1.82) is 0 Å². The molecule has 0 aromatic carbocycles. The zero-order valence-electron chi connectivity index (χ0n) is 8.79. The van der Waals surface area contributed by atoms with Crippen molar-refractivity contribution in [3.8, 4) is 0 Å². The Bertz CT molecular complexity index is 273. The van der Waals surface area contributed by atoms with Crippen molar-refractivity contribution < 1.29 is 0 Å². The van der Waals surface area contributed by atoms with Gasteiger partial charge in [0, 0.05) is 6.04 Å². The summed E-state index contributed by atoms with van der Waals surface area (Å²) in [6.07, 6.45) is 4.35. The molecule has 0 spiro atoms. The number of hydrogen-bond donors (Lipinski definition) is 1. The SMILES string of the molecule is CCC(C)C(C)Nc1cnc(Cl)cn1. The van der Waals surface area contributed by atoms with Gasteiger partial charge in [0.15, 0.2) is 0 Å². The average Bonchev–Trinajstić information content (AvgIpc) is 2.20. The van der Waals surface area contributed by atoms with Crippen molar-refractivity contribution >= 4 is 17.4 Å². The van der Waals surface area contributed by atoms with Gasteiger partial charge in [0.05, 0.1) is 12.4 Å². The molecule has 3 nitrogen and oxygen atoms in total. The Morgan fingerprint density at radius 3 is 2.57 bits per heavy atom. The van der Waals surface area contributed by atoms with Gasteiger partial charge in [-0.2, -0.15) is 0 Å². The first-order valence-electron chi connectivity index (χ1n) is 4.87. The lowest BCUT2D eigenvalue weighted by Crippen LogP contribution is -2.23. The fourth-order valence-corrected chi connectivity index (χ4v) is 1.21. The fourth-order valence-electron chi connectivity index (χ4n) is 1.12. The van der Waals surface area contributed by atoms with E-state index in [9.17, 15) is 0 Å². The summed E-state index contributed by atoms with van der Waals surface area (Å²) in [4.78, 5) is 8.09. The smallest absolute Gasteiger partial charge is 0.147 e. The van der Waals surface area contributed by atoms with Crippen LogP contribution in [0.3, 0.4) is 0 Å². The molecular weight excluding hydrogens is 198 g/mol. The lowest BCUT2D eigenvalue weighted by Gasteiger charge is -2.19. The van der Waals surface area contributed by atoms with Gasteiger partial charge in [-0.1, -0.05) is 31.9 Å². The molecule has 1 aromatic rings. The Morgan fingerprint density at radius 2 is 2.07 bits per heavy atom. The molecule has 0 amide bonds. The summed E-state index contributed by atoms with van der Waals surface area (Å²) in [7, 11) is 0. The van der Waals surface area contributed by atoms with E-state index in [-0.39, 0.29) is 0 Å². The molecule has 1 rings (SSSR count). The molecule has 2 unspecified atom stereocenters. The Morgan fingerprint density at radius 1 is 1.36 bits per heavy atom. The molecule has 1 N–H and O–H groups in total. The van der Waals surface area contributed by atoms with Gasteiger partial charge < -0.3 is 5.32 Å². The Labute approximate surface area is 89.9 Å². The molecule has 0 bridgehead atoms. The molecule has 0 fully saturated rings. The molecule has 4 heteroatoms. The largest absolute Gasteiger partial charge is 0.366 e. The fraction of sp³-hybridized carbons (Fsp3) is 0.600. The first kappa shape index (κ1) is 11.2. The van der Waals surface area contributed by atoms with Crippen LogP contribution in [0.15, 0.2) is 12.4 Å². The molecule has 0 saturated carbocycles. The van der Waals surface area contributed by atoms with Gasteiger partial charge in [0.25, 0.3) is 0 Å². The van der Waals surface area contributed by atoms with Crippen LogP contribution < -0.4 is 5.32 Å². The van der Waals surface area contributed by atoms with Crippen LogP contribution in [0.1, 0.15) is 27.2 Å². The minimum Gasteiger partial charge on any atom is -0.366 e. The third-order valence-electron chi connectivity index (χ3n) is 2.49. The maximum Gasteiger partial charge on any atom is 0.147 e. The maximum atomic E-state index is 5.64. The van der Waals surface area contributed by atoms with Crippen LogP contribution in [-0.2, 0) is 0 Å². The van der Waals surface area contributed by atoms with Gasteiger partial charge in [0.1, 0.15) is 11.0 Å². The van der Waals surface area contributed by atoms with Crippen LogP contribution in [0.25, 0.3) is 0 Å². The van der Waals surface area contributed by atoms with E-state index in [1.807, 2.05) is 0 Å². The van der Waals surface area contributed by atoms with E-state index in [2.05, 4.69) is 36.1 Å². The summed E-state index contributed by atoms with van der Waals surface area (Å²) in [6.45, 7) is 6.53. The molecule has 0 aliphatic rings. The lowest BCUT2D eigenvalue weighted by atomic mass is 10.0. The van der Waals surface area contributed by atoms with E-state index in [4.69, 9.17) is 11.6 Å².